The Kier molecular flexibility index (Phi) is 6.34. The lowest BCUT2D eigenvalue weighted by molar-refractivity contribution is -0.274. The smallest absolute Gasteiger partial charge is 0.487 e. The number of anilines is 2. The molecule has 2 aromatic carbocycles. The molecular formula is C22H22F3N3O2. The summed E-state index contributed by atoms with van der Waals surface area (Å²) in [6, 6.07) is 13.6. The van der Waals surface area contributed by atoms with Crippen molar-refractivity contribution in [3.8, 4) is 11.5 Å². The number of aromatic nitrogens is 1. The molecule has 0 aliphatic heterocycles. The van der Waals surface area contributed by atoms with E-state index in [-0.39, 0.29) is 5.75 Å². The Bertz CT molecular complexity index is 1010. The number of nitrogens with one attached hydrogen (secondary N) is 1. The zero-order valence-electron chi connectivity index (χ0n) is 16.6. The number of alkyl halides is 3. The first kappa shape index (κ1) is 21.3. The fourth-order valence-corrected chi connectivity index (χ4v) is 2.78. The Hall–Kier alpha value is -3.42. The van der Waals surface area contributed by atoms with Crippen LogP contribution in [-0.2, 0) is 13.2 Å². The summed E-state index contributed by atoms with van der Waals surface area (Å²) in [4.78, 5) is 4.30. The molecule has 0 bridgehead atoms. The average Bonchev–Trinajstić information content (AvgIpc) is 2.68. The number of benzene rings is 2. The van der Waals surface area contributed by atoms with Crippen LogP contribution < -0.4 is 20.5 Å². The molecule has 0 amide bonds. The van der Waals surface area contributed by atoms with Gasteiger partial charge < -0.3 is 20.5 Å². The lowest BCUT2D eigenvalue weighted by Crippen LogP contribution is -2.17. The highest BCUT2D eigenvalue weighted by Gasteiger charge is 2.31. The molecule has 0 aliphatic rings. The van der Waals surface area contributed by atoms with Crippen molar-refractivity contribution in [1.82, 2.24) is 4.98 Å². The van der Waals surface area contributed by atoms with Gasteiger partial charge in [-0.3, -0.25) is 4.98 Å². The van der Waals surface area contributed by atoms with Gasteiger partial charge in [-0.1, -0.05) is 18.2 Å². The van der Waals surface area contributed by atoms with E-state index in [0.29, 0.717) is 35.8 Å². The fourth-order valence-electron chi connectivity index (χ4n) is 2.78. The van der Waals surface area contributed by atoms with Gasteiger partial charge >= 0.3 is 6.36 Å². The monoisotopic (exact) mass is 417 g/mol. The topological polar surface area (TPSA) is 69.4 Å². The average molecular weight is 417 g/mol. The number of rotatable bonds is 7. The van der Waals surface area contributed by atoms with Crippen LogP contribution >= 0.6 is 0 Å². The van der Waals surface area contributed by atoms with E-state index in [1.807, 2.05) is 19.1 Å². The third-order valence-corrected chi connectivity index (χ3v) is 4.33. The van der Waals surface area contributed by atoms with Gasteiger partial charge in [-0.25, -0.2) is 0 Å². The zero-order valence-corrected chi connectivity index (χ0v) is 16.6. The standard InChI is InChI=1S/C22H22F3N3O2/c1-14-3-5-17(27-11-14)13-29-18-6-7-19(26)20(10-18)28-12-16-4-8-21(15(2)9-16)30-22(23,24)25/h3-11,28H,12-13,26H2,1-2H3. The van der Waals surface area contributed by atoms with Crippen molar-refractivity contribution in [1.29, 1.82) is 0 Å². The van der Waals surface area contributed by atoms with Crippen molar-refractivity contribution >= 4 is 11.4 Å². The summed E-state index contributed by atoms with van der Waals surface area (Å²) in [5.41, 5.74) is 10.3. The molecule has 0 atom stereocenters. The summed E-state index contributed by atoms with van der Waals surface area (Å²) in [6.45, 7) is 4.23. The Morgan fingerprint density at radius 1 is 1.03 bits per heavy atom. The van der Waals surface area contributed by atoms with Crippen molar-refractivity contribution in [3.05, 3.63) is 77.1 Å². The van der Waals surface area contributed by atoms with Crippen LogP contribution in [-0.4, -0.2) is 11.3 Å². The quantitative estimate of drug-likeness (QED) is 0.506. The zero-order chi connectivity index (χ0) is 21.7. The third kappa shape index (κ3) is 6.04. The number of aryl methyl sites for hydroxylation is 2. The molecule has 1 aromatic heterocycles. The molecule has 1 heterocycles. The van der Waals surface area contributed by atoms with E-state index in [4.69, 9.17) is 10.5 Å². The largest absolute Gasteiger partial charge is 0.573 e. The van der Waals surface area contributed by atoms with Gasteiger partial charge in [-0.2, -0.15) is 0 Å². The highest BCUT2D eigenvalue weighted by molar-refractivity contribution is 5.68. The fraction of sp³-hybridized carbons (Fsp3) is 0.227. The van der Waals surface area contributed by atoms with Crippen LogP contribution in [0, 0.1) is 13.8 Å². The minimum absolute atomic E-state index is 0.217. The van der Waals surface area contributed by atoms with Crippen LogP contribution in [0.4, 0.5) is 24.5 Å². The number of halogens is 3. The van der Waals surface area contributed by atoms with Crippen molar-refractivity contribution in [2.45, 2.75) is 33.4 Å². The van der Waals surface area contributed by atoms with Crippen LogP contribution in [0.1, 0.15) is 22.4 Å². The van der Waals surface area contributed by atoms with Crippen LogP contribution in [0.25, 0.3) is 0 Å². The molecule has 5 nitrogen and oxygen atoms in total. The van der Waals surface area contributed by atoms with Gasteiger partial charge in [-0.05, 0) is 54.8 Å². The summed E-state index contributed by atoms with van der Waals surface area (Å²) >= 11 is 0. The number of nitrogens with zero attached hydrogens (tertiary/aromatic N) is 1. The molecule has 0 spiro atoms. The normalized spacial score (nSPS) is 11.2. The second-order valence-corrected chi connectivity index (χ2v) is 6.87. The SMILES string of the molecule is Cc1ccc(COc2ccc(N)c(NCc3ccc(OC(F)(F)F)c(C)c3)c2)nc1. The Morgan fingerprint density at radius 2 is 1.83 bits per heavy atom. The molecule has 0 saturated carbocycles. The van der Waals surface area contributed by atoms with E-state index in [1.165, 1.54) is 6.07 Å². The predicted octanol–water partition coefficient (Wildman–Crippen LogP) is 5.37. The minimum Gasteiger partial charge on any atom is -0.487 e. The van der Waals surface area contributed by atoms with Gasteiger partial charge in [0.15, 0.2) is 0 Å². The molecular weight excluding hydrogens is 395 g/mol. The third-order valence-electron chi connectivity index (χ3n) is 4.33. The number of hydrogen-bond acceptors (Lipinski definition) is 5. The van der Waals surface area contributed by atoms with E-state index in [2.05, 4.69) is 15.0 Å². The van der Waals surface area contributed by atoms with Gasteiger partial charge in [-0.15, -0.1) is 13.2 Å². The highest BCUT2D eigenvalue weighted by atomic mass is 19.4. The Balaban J connectivity index is 1.63. The maximum Gasteiger partial charge on any atom is 0.573 e. The van der Waals surface area contributed by atoms with E-state index in [0.717, 1.165) is 16.8 Å². The maximum absolute atomic E-state index is 12.4. The maximum atomic E-state index is 12.4. The summed E-state index contributed by atoms with van der Waals surface area (Å²) in [5, 5.41) is 3.19. The van der Waals surface area contributed by atoms with Gasteiger partial charge in [0.1, 0.15) is 18.1 Å². The predicted molar refractivity (Wildman–Crippen MR) is 109 cm³/mol. The van der Waals surface area contributed by atoms with Gasteiger partial charge in [0.05, 0.1) is 17.1 Å². The van der Waals surface area contributed by atoms with Crippen LogP contribution in [0.2, 0.25) is 0 Å². The van der Waals surface area contributed by atoms with Crippen LogP contribution in [0.3, 0.4) is 0 Å². The molecule has 0 fully saturated rings. The second-order valence-electron chi connectivity index (χ2n) is 6.87. The van der Waals surface area contributed by atoms with E-state index >= 15 is 0 Å². The summed E-state index contributed by atoms with van der Waals surface area (Å²) in [6.07, 6.45) is -2.94. The first-order valence-electron chi connectivity index (χ1n) is 9.22. The Labute approximate surface area is 172 Å². The summed E-state index contributed by atoms with van der Waals surface area (Å²) < 4.78 is 47.0. The first-order chi connectivity index (χ1) is 14.2. The molecule has 3 N–H and O–H groups in total. The van der Waals surface area contributed by atoms with Crippen molar-refractivity contribution in [3.63, 3.8) is 0 Å². The molecule has 0 unspecified atom stereocenters. The number of hydrogen-bond donors (Lipinski definition) is 2. The molecule has 0 radical (unpaired) electrons. The molecule has 0 saturated heterocycles. The van der Waals surface area contributed by atoms with E-state index in [9.17, 15) is 13.2 Å². The van der Waals surface area contributed by atoms with Gasteiger partial charge in [0, 0.05) is 18.8 Å². The molecule has 3 rings (SSSR count). The molecule has 8 heteroatoms. The van der Waals surface area contributed by atoms with Crippen LogP contribution in [0.5, 0.6) is 11.5 Å². The number of pyridine rings is 1. The first-order valence-corrected chi connectivity index (χ1v) is 9.22. The molecule has 0 aliphatic carbocycles. The summed E-state index contributed by atoms with van der Waals surface area (Å²) in [5.74, 6) is 0.407. The lowest BCUT2D eigenvalue weighted by atomic mass is 10.1. The highest BCUT2D eigenvalue weighted by Crippen LogP contribution is 2.28. The van der Waals surface area contributed by atoms with Crippen molar-refractivity contribution in [2.24, 2.45) is 0 Å². The number of ether oxygens (including phenoxy) is 2. The van der Waals surface area contributed by atoms with Crippen LogP contribution in [0.15, 0.2) is 54.7 Å². The Morgan fingerprint density at radius 3 is 2.50 bits per heavy atom. The van der Waals surface area contributed by atoms with Gasteiger partial charge in [0.25, 0.3) is 0 Å². The summed E-state index contributed by atoms with van der Waals surface area (Å²) in [7, 11) is 0. The number of nitrogens with two attached hydrogens (primary N) is 1. The molecule has 3 aromatic rings. The van der Waals surface area contributed by atoms with E-state index in [1.54, 1.807) is 43.5 Å². The van der Waals surface area contributed by atoms with E-state index < -0.39 is 6.36 Å². The molecule has 30 heavy (non-hydrogen) atoms. The molecule has 158 valence electrons. The van der Waals surface area contributed by atoms with Crippen molar-refractivity contribution in [2.75, 3.05) is 11.1 Å². The van der Waals surface area contributed by atoms with Crippen molar-refractivity contribution < 1.29 is 22.6 Å². The van der Waals surface area contributed by atoms with Gasteiger partial charge in [0.2, 0.25) is 0 Å². The number of nitrogen functional groups attached to an aromatic ring is 1. The second kappa shape index (κ2) is 8.94. The minimum atomic E-state index is -4.71. The lowest BCUT2D eigenvalue weighted by Gasteiger charge is -2.14.